The summed E-state index contributed by atoms with van der Waals surface area (Å²) in [6.45, 7) is 5.39. The number of hydrogen-bond donors (Lipinski definition) is 0. The monoisotopic (exact) mass is 451 g/mol. The molecule has 1 aliphatic rings. The highest BCUT2D eigenvalue weighted by molar-refractivity contribution is 5.69. The van der Waals surface area contributed by atoms with Crippen molar-refractivity contribution in [1.29, 1.82) is 0 Å². The van der Waals surface area contributed by atoms with Crippen LogP contribution < -0.4 is 0 Å². The van der Waals surface area contributed by atoms with Crippen molar-refractivity contribution in [3.05, 3.63) is 35.2 Å². The summed E-state index contributed by atoms with van der Waals surface area (Å²) >= 11 is 0. The van der Waals surface area contributed by atoms with Gasteiger partial charge in [0.25, 0.3) is 0 Å². The maximum atomic E-state index is 13.1. The number of rotatable bonds is 2. The largest absolute Gasteiger partial charge is 0.444 e. The van der Waals surface area contributed by atoms with Crippen LogP contribution in [0, 0.1) is 0 Å². The van der Waals surface area contributed by atoms with Crippen LogP contribution in [-0.2, 0) is 17.1 Å². The molecule has 0 N–H and O–H groups in total. The SMILES string of the molecule is CC(C)(C)OC(=O)N1CCCC1c1nnc(-c2cc(C(F)(F)F)cc(C(F)(F)F)c2)o1. The third-order valence-corrected chi connectivity index (χ3v) is 4.44. The fourth-order valence-corrected chi connectivity index (χ4v) is 3.13. The molecule has 31 heavy (non-hydrogen) atoms. The van der Waals surface area contributed by atoms with E-state index in [0.717, 1.165) is 0 Å². The van der Waals surface area contributed by atoms with E-state index in [1.165, 1.54) is 4.90 Å². The Bertz CT molecular complexity index is 930. The molecule has 1 fully saturated rings. The van der Waals surface area contributed by atoms with Gasteiger partial charge in [-0.25, -0.2) is 4.79 Å². The van der Waals surface area contributed by atoms with Gasteiger partial charge in [-0.05, 0) is 51.8 Å². The molecule has 0 bridgehead atoms. The lowest BCUT2D eigenvalue weighted by Gasteiger charge is -2.27. The Kier molecular flexibility index (Phi) is 5.70. The molecule has 1 aliphatic heterocycles. The van der Waals surface area contributed by atoms with Gasteiger partial charge in [0.1, 0.15) is 11.6 Å². The van der Waals surface area contributed by atoms with Crippen molar-refractivity contribution in [2.45, 2.75) is 57.6 Å². The standard InChI is InChI=1S/C19H19F6N3O3/c1-17(2,3)31-16(29)28-6-4-5-13(28)15-27-26-14(30-15)10-7-11(18(20,21)22)9-12(8-10)19(23,24)25/h7-9,13H,4-6H2,1-3H3. The maximum Gasteiger partial charge on any atom is 0.416 e. The number of amides is 1. The molecule has 12 heteroatoms. The van der Waals surface area contributed by atoms with Crippen LogP contribution in [0.1, 0.15) is 56.7 Å². The van der Waals surface area contributed by atoms with Crippen molar-refractivity contribution >= 4 is 6.09 Å². The summed E-state index contributed by atoms with van der Waals surface area (Å²) in [5.74, 6) is -0.605. The third kappa shape index (κ3) is 5.28. The molecule has 2 aromatic rings. The predicted molar refractivity (Wildman–Crippen MR) is 94.7 cm³/mol. The molecule has 0 saturated carbocycles. The average molecular weight is 451 g/mol. The van der Waals surface area contributed by atoms with E-state index >= 15 is 0 Å². The molecule has 1 aromatic heterocycles. The highest BCUT2D eigenvalue weighted by Crippen LogP contribution is 2.39. The Morgan fingerprint density at radius 1 is 1.03 bits per heavy atom. The summed E-state index contributed by atoms with van der Waals surface area (Å²) in [7, 11) is 0. The van der Waals surface area contributed by atoms with Gasteiger partial charge in [-0.3, -0.25) is 4.90 Å². The Hall–Kier alpha value is -2.79. The van der Waals surface area contributed by atoms with Gasteiger partial charge >= 0.3 is 18.4 Å². The minimum atomic E-state index is -5.00. The molecule has 0 aliphatic carbocycles. The molecular weight excluding hydrogens is 432 g/mol. The second-order valence-corrected chi connectivity index (χ2v) is 8.07. The number of hydrogen-bond acceptors (Lipinski definition) is 5. The van der Waals surface area contributed by atoms with Gasteiger partial charge in [-0.1, -0.05) is 0 Å². The van der Waals surface area contributed by atoms with E-state index in [2.05, 4.69) is 10.2 Å². The molecule has 170 valence electrons. The minimum absolute atomic E-state index is 0.0159. The Morgan fingerprint density at radius 3 is 2.13 bits per heavy atom. The lowest BCUT2D eigenvalue weighted by Crippen LogP contribution is -2.36. The third-order valence-electron chi connectivity index (χ3n) is 4.44. The summed E-state index contributed by atoms with van der Waals surface area (Å²) in [5, 5.41) is 7.37. The lowest BCUT2D eigenvalue weighted by atomic mass is 10.0. The topological polar surface area (TPSA) is 68.5 Å². The van der Waals surface area contributed by atoms with E-state index in [9.17, 15) is 31.1 Å². The predicted octanol–water partition coefficient (Wildman–Crippen LogP) is 5.85. The number of likely N-dealkylation sites (tertiary alicyclic amines) is 1. The highest BCUT2D eigenvalue weighted by Gasteiger charge is 2.39. The van der Waals surface area contributed by atoms with Crippen molar-refractivity contribution in [2.24, 2.45) is 0 Å². The van der Waals surface area contributed by atoms with Gasteiger partial charge in [0.2, 0.25) is 11.8 Å². The van der Waals surface area contributed by atoms with Crippen LogP contribution in [0.4, 0.5) is 31.1 Å². The van der Waals surface area contributed by atoms with Crippen LogP contribution in [0.3, 0.4) is 0 Å². The normalized spacial score (nSPS) is 17.8. The van der Waals surface area contributed by atoms with Crippen LogP contribution in [0.2, 0.25) is 0 Å². The molecule has 3 rings (SSSR count). The highest BCUT2D eigenvalue weighted by atomic mass is 19.4. The Morgan fingerprint density at radius 2 is 1.61 bits per heavy atom. The van der Waals surface area contributed by atoms with Gasteiger partial charge in [-0.15, -0.1) is 10.2 Å². The minimum Gasteiger partial charge on any atom is -0.444 e. The Balaban J connectivity index is 1.94. The van der Waals surface area contributed by atoms with Gasteiger partial charge in [0, 0.05) is 12.1 Å². The van der Waals surface area contributed by atoms with Crippen molar-refractivity contribution in [3.8, 4) is 11.5 Å². The fraction of sp³-hybridized carbons (Fsp3) is 0.526. The van der Waals surface area contributed by atoms with Crippen molar-refractivity contribution in [2.75, 3.05) is 6.54 Å². The summed E-state index contributed by atoms with van der Waals surface area (Å²) in [4.78, 5) is 13.7. The number of benzene rings is 1. The van der Waals surface area contributed by atoms with E-state index in [1.54, 1.807) is 20.8 Å². The summed E-state index contributed by atoms with van der Waals surface area (Å²) in [5.41, 5.74) is -4.26. The van der Waals surface area contributed by atoms with Gasteiger partial charge in [-0.2, -0.15) is 26.3 Å². The number of ether oxygens (including phenoxy) is 1. The number of nitrogens with zero attached hydrogens (tertiary/aromatic N) is 3. The first-order valence-electron chi connectivity index (χ1n) is 9.28. The smallest absolute Gasteiger partial charge is 0.416 e. The van der Waals surface area contributed by atoms with Gasteiger partial charge < -0.3 is 9.15 Å². The lowest BCUT2D eigenvalue weighted by molar-refractivity contribution is -0.143. The molecule has 1 atom stereocenters. The van der Waals surface area contributed by atoms with Crippen LogP contribution in [-0.4, -0.2) is 33.3 Å². The van der Waals surface area contributed by atoms with E-state index in [-0.39, 0.29) is 12.0 Å². The second-order valence-electron chi connectivity index (χ2n) is 8.07. The van der Waals surface area contributed by atoms with Gasteiger partial charge in [0.05, 0.1) is 11.1 Å². The maximum absolute atomic E-state index is 13.1. The number of carbonyl (C=O) groups is 1. The van der Waals surface area contributed by atoms with Crippen molar-refractivity contribution in [1.82, 2.24) is 15.1 Å². The molecule has 0 spiro atoms. The number of halogens is 6. The van der Waals surface area contributed by atoms with Crippen LogP contribution in [0.15, 0.2) is 22.6 Å². The number of aromatic nitrogens is 2. The molecule has 1 unspecified atom stereocenters. The second kappa shape index (κ2) is 7.72. The van der Waals surface area contributed by atoms with E-state index in [4.69, 9.17) is 9.15 Å². The Labute approximate surface area is 173 Å². The number of carbonyl (C=O) groups excluding carboxylic acids is 1. The van der Waals surface area contributed by atoms with Crippen molar-refractivity contribution < 1.29 is 40.3 Å². The zero-order valence-corrected chi connectivity index (χ0v) is 16.8. The first-order chi connectivity index (χ1) is 14.1. The first kappa shape index (κ1) is 22.9. The van der Waals surface area contributed by atoms with E-state index in [0.29, 0.717) is 31.5 Å². The quantitative estimate of drug-likeness (QED) is 0.536. The summed E-state index contributed by atoms with van der Waals surface area (Å²) in [6.07, 6.45) is -9.62. The van der Waals surface area contributed by atoms with E-state index < -0.39 is 52.7 Å². The molecule has 1 aromatic carbocycles. The fourth-order valence-electron chi connectivity index (χ4n) is 3.13. The average Bonchev–Trinajstić information content (AvgIpc) is 3.27. The number of alkyl halides is 6. The van der Waals surface area contributed by atoms with E-state index in [1.807, 2.05) is 0 Å². The van der Waals surface area contributed by atoms with Gasteiger partial charge in [0.15, 0.2) is 0 Å². The van der Waals surface area contributed by atoms with Crippen LogP contribution in [0.5, 0.6) is 0 Å². The summed E-state index contributed by atoms with van der Waals surface area (Å²) in [6, 6.07) is 0.339. The molecule has 1 amide bonds. The molecule has 0 radical (unpaired) electrons. The van der Waals surface area contributed by atoms with Crippen molar-refractivity contribution in [3.63, 3.8) is 0 Å². The zero-order chi connectivity index (χ0) is 23.2. The molecular formula is C19H19F6N3O3. The van der Waals surface area contributed by atoms with Crippen LogP contribution >= 0.6 is 0 Å². The van der Waals surface area contributed by atoms with Crippen LogP contribution in [0.25, 0.3) is 11.5 Å². The molecule has 2 heterocycles. The zero-order valence-electron chi connectivity index (χ0n) is 16.8. The summed E-state index contributed by atoms with van der Waals surface area (Å²) < 4.78 is 89.2. The first-order valence-corrected chi connectivity index (χ1v) is 9.28. The molecule has 6 nitrogen and oxygen atoms in total. The molecule has 1 saturated heterocycles.